The Morgan fingerprint density at radius 2 is 2.14 bits per heavy atom. The number of rotatable bonds is 2. The second-order valence-corrected chi connectivity index (χ2v) is 2.70. The Morgan fingerprint density at radius 3 is 2.57 bits per heavy atom. The van der Waals surface area contributed by atoms with Crippen molar-refractivity contribution in [3.63, 3.8) is 0 Å². The number of aromatic carboxylic acids is 1. The predicted molar refractivity (Wildman–Crippen MR) is 42.8 cm³/mol. The van der Waals surface area contributed by atoms with E-state index in [2.05, 4.69) is 4.98 Å². The summed E-state index contributed by atoms with van der Waals surface area (Å²) in [5, 5.41) is 16.8. The molecule has 0 atom stereocenters. The summed E-state index contributed by atoms with van der Waals surface area (Å²) < 4.78 is 24.4. The first-order valence-corrected chi connectivity index (χ1v) is 3.72. The molecular formula is C7H4ClF2NO3. The summed E-state index contributed by atoms with van der Waals surface area (Å²) >= 11 is 5.25. The molecule has 0 aliphatic heterocycles. The van der Waals surface area contributed by atoms with Crippen molar-refractivity contribution in [2.75, 3.05) is 0 Å². The molecule has 0 aliphatic carbocycles. The second-order valence-electron chi connectivity index (χ2n) is 2.34. The van der Waals surface area contributed by atoms with E-state index in [9.17, 15) is 13.6 Å². The van der Waals surface area contributed by atoms with Crippen molar-refractivity contribution in [1.82, 2.24) is 4.98 Å². The van der Waals surface area contributed by atoms with Gasteiger partial charge in [0, 0.05) is 0 Å². The number of hydrogen-bond donors (Lipinski definition) is 2. The summed E-state index contributed by atoms with van der Waals surface area (Å²) in [4.78, 5) is 13.6. The molecule has 7 heteroatoms. The maximum atomic E-state index is 12.2. The van der Waals surface area contributed by atoms with Gasteiger partial charge in [0.15, 0.2) is 16.6 Å². The Labute approximate surface area is 81.8 Å². The van der Waals surface area contributed by atoms with Crippen molar-refractivity contribution in [1.29, 1.82) is 0 Å². The number of alkyl halides is 2. The zero-order valence-corrected chi connectivity index (χ0v) is 7.29. The van der Waals surface area contributed by atoms with Crippen LogP contribution in [0.5, 0.6) is 5.75 Å². The van der Waals surface area contributed by atoms with E-state index in [1.54, 1.807) is 0 Å². The summed E-state index contributed by atoms with van der Waals surface area (Å²) in [6, 6.07) is 0.578. The van der Waals surface area contributed by atoms with E-state index < -0.39 is 34.6 Å². The van der Waals surface area contributed by atoms with Gasteiger partial charge >= 0.3 is 5.97 Å². The molecule has 1 aromatic heterocycles. The molecule has 0 spiro atoms. The quantitative estimate of drug-likeness (QED) is 0.753. The van der Waals surface area contributed by atoms with Crippen molar-refractivity contribution in [2.45, 2.75) is 6.43 Å². The Hall–Kier alpha value is -1.43. The Morgan fingerprint density at radius 1 is 1.57 bits per heavy atom. The summed E-state index contributed by atoms with van der Waals surface area (Å²) in [6.07, 6.45) is -3.01. The molecule has 2 N–H and O–H groups in total. The third-order valence-electron chi connectivity index (χ3n) is 1.43. The summed E-state index contributed by atoms with van der Waals surface area (Å²) in [5.74, 6) is -2.39. The molecule has 0 radical (unpaired) electrons. The van der Waals surface area contributed by atoms with Crippen molar-refractivity contribution < 1.29 is 23.8 Å². The van der Waals surface area contributed by atoms with E-state index >= 15 is 0 Å². The van der Waals surface area contributed by atoms with Crippen LogP contribution in [0.15, 0.2) is 6.07 Å². The van der Waals surface area contributed by atoms with E-state index in [0.29, 0.717) is 6.07 Å². The molecule has 1 aromatic rings. The van der Waals surface area contributed by atoms with Gasteiger partial charge in [-0.05, 0) is 6.07 Å². The number of pyridine rings is 1. The smallest absolute Gasteiger partial charge is 0.354 e. The van der Waals surface area contributed by atoms with Crippen LogP contribution >= 0.6 is 11.6 Å². The first-order chi connectivity index (χ1) is 6.43. The van der Waals surface area contributed by atoms with E-state index in [0.717, 1.165) is 0 Å². The molecule has 4 nitrogen and oxygen atoms in total. The van der Waals surface area contributed by atoms with E-state index in [-0.39, 0.29) is 0 Å². The molecule has 0 bridgehead atoms. The number of carbonyl (C=O) groups is 1. The molecule has 0 saturated carbocycles. The van der Waals surface area contributed by atoms with Gasteiger partial charge in [-0.15, -0.1) is 0 Å². The standard InChI is InChI=1S/C7H4ClF2NO3/c8-5-4(12)2(6(9)10)1-3(11-5)7(13)14/h1,6,12H,(H,13,14). The highest BCUT2D eigenvalue weighted by Gasteiger charge is 2.20. The number of carboxylic acids is 1. The van der Waals surface area contributed by atoms with Crippen LogP contribution in [0.4, 0.5) is 8.78 Å². The van der Waals surface area contributed by atoms with Gasteiger partial charge in [0.25, 0.3) is 6.43 Å². The maximum absolute atomic E-state index is 12.2. The number of aromatic hydroxyl groups is 1. The first kappa shape index (κ1) is 10.6. The molecule has 14 heavy (non-hydrogen) atoms. The topological polar surface area (TPSA) is 70.4 Å². The third-order valence-corrected chi connectivity index (χ3v) is 1.70. The van der Waals surface area contributed by atoms with Gasteiger partial charge in [-0.2, -0.15) is 0 Å². The van der Waals surface area contributed by atoms with Crippen LogP contribution in [0.25, 0.3) is 0 Å². The van der Waals surface area contributed by atoms with Gasteiger partial charge in [0.05, 0.1) is 5.56 Å². The Kier molecular flexibility index (Phi) is 2.85. The van der Waals surface area contributed by atoms with Crippen molar-refractivity contribution in [3.05, 3.63) is 22.5 Å². The number of nitrogens with zero attached hydrogens (tertiary/aromatic N) is 1. The second kappa shape index (κ2) is 3.75. The molecule has 0 saturated heterocycles. The number of halogens is 3. The number of carboxylic acid groups (broad SMARTS) is 1. The average molecular weight is 224 g/mol. The fraction of sp³-hybridized carbons (Fsp3) is 0.143. The zero-order chi connectivity index (χ0) is 10.9. The van der Waals surface area contributed by atoms with E-state index in [1.807, 2.05) is 0 Å². The Balaban J connectivity index is 3.35. The minimum Gasteiger partial charge on any atom is -0.504 e. The van der Waals surface area contributed by atoms with Crippen molar-refractivity contribution in [2.24, 2.45) is 0 Å². The lowest BCUT2D eigenvalue weighted by molar-refractivity contribution is 0.0690. The van der Waals surface area contributed by atoms with Gasteiger partial charge in [-0.3, -0.25) is 0 Å². The van der Waals surface area contributed by atoms with Crippen molar-refractivity contribution in [3.8, 4) is 5.75 Å². The fourth-order valence-electron chi connectivity index (χ4n) is 0.802. The highest BCUT2D eigenvalue weighted by Crippen LogP contribution is 2.33. The van der Waals surface area contributed by atoms with Gasteiger partial charge in [0.1, 0.15) is 0 Å². The SMILES string of the molecule is O=C(O)c1cc(C(F)F)c(O)c(Cl)n1. The van der Waals surface area contributed by atoms with E-state index in [4.69, 9.17) is 21.8 Å². The Bertz CT molecular complexity index is 383. The van der Waals surface area contributed by atoms with Crippen LogP contribution in [0.2, 0.25) is 5.15 Å². The summed E-state index contributed by atoms with van der Waals surface area (Å²) in [6.45, 7) is 0. The minimum absolute atomic E-state index is 0.578. The first-order valence-electron chi connectivity index (χ1n) is 3.34. The lowest BCUT2D eigenvalue weighted by atomic mass is 10.2. The van der Waals surface area contributed by atoms with Gasteiger partial charge in [-0.25, -0.2) is 18.6 Å². The molecule has 0 fully saturated rings. The van der Waals surface area contributed by atoms with Crippen LogP contribution in [0, 0.1) is 0 Å². The molecule has 0 unspecified atom stereocenters. The van der Waals surface area contributed by atoms with Crippen LogP contribution in [0.1, 0.15) is 22.5 Å². The lowest BCUT2D eigenvalue weighted by Crippen LogP contribution is -2.02. The minimum atomic E-state index is -3.01. The molecular weight excluding hydrogens is 220 g/mol. The molecule has 0 aromatic carbocycles. The molecule has 1 heterocycles. The van der Waals surface area contributed by atoms with E-state index in [1.165, 1.54) is 0 Å². The third kappa shape index (κ3) is 1.90. The van der Waals surface area contributed by atoms with Crippen LogP contribution < -0.4 is 0 Å². The van der Waals surface area contributed by atoms with Crippen LogP contribution in [0.3, 0.4) is 0 Å². The highest BCUT2D eigenvalue weighted by atomic mass is 35.5. The normalized spacial score (nSPS) is 10.6. The van der Waals surface area contributed by atoms with Gasteiger partial charge in [0.2, 0.25) is 0 Å². The largest absolute Gasteiger partial charge is 0.504 e. The fourth-order valence-corrected chi connectivity index (χ4v) is 1.00. The van der Waals surface area contributed by atoms with Crippen LogP contribution in [-0.2, 0) is 0 Å². The monoisotopic (exact) mass is 223 g/mol. The number of hydrogen-bond acceptors (Lipinski definition) is 3. The van der Waals surface area contributed by atoms with Gasteiger partial charge in [-0.1, -0.05) is 11.6 Å². The molecule has 0 amide bonds. The highest BCUT2D eigenvalue weighted by molar-refractivity contribution is 6.31. The van der Waals surface area contributed by atoms with Crippen LogP contribution in [-0.4, -0.2) is 21.2 Å². The molecule has 0 aliphatic rings. The number of aromatic nitrogens is 1. The van der Waals surface area contributed by atoms with Crippen molar-refractivity contribution >= 4 is 17.6 Å². The summed E-state index contributed by atoms with van der Waals surface area (Å²) in [5.41, 5.74) is -1.48. The van der Waals surface area contributed by atoms with Gasteiger partial charge < -0.3 is 10.2 Å². The summed E-state index contributed by atoms with van der Waals surface area (Å²) in [7, 11) is 0. The average Bonchev–Trinajstić information content (AvgIpc) is 2.08. The molecule has 1 rings (SSSR count). The lowest BCUT2D eigenvalue weighted by Gasteiger charge is -2.05. The predicted octanol–water partition coefficient (Wildman–Crippen LogP) is 2.08. The molecule has 76 valence electrons. The zero-order valence-electron chi connectivity index (χ0n) is 6.54. The maximum Gasteiger partial charge on any atom is 0.354 e.